The Kier molecular flexibility index (Phi) is 13.7. The van der Waals surface area contributed by atoms with Gasteiger partial charge in [0, 0.05) is 25.8 Å². The lowest BCUT2D eigenvalue weighted by atomic mass is 9.99. The molecule has 250 valence electrons. The highest BCUT2D eigenvalue weighted by Crippen LogP contribution is 2.17. The van der Waals surface area contributed by atoms with E-state index in [2.05, 4.69) is 21.3 Å². The van der Waals surface area contributed by atoms with Crippen molar-refractivity contribution in [2.24, 2.45) is 17.2 Å². The first-order chi connectivity index (χ1) is 22.4. The third-order valence-corrected chi connectivity index (χ3v) is 7.44. The monoisotopic (exact) mass is 646 g/mol. The predicted molar refractivity (Wildman–Crippen MR) is 177 cm³/mol. The fourth-order valence-corrected chi connectivity index (χ4v) is 4.91. The predicted octanol–water partition coefficient (Wildman–Crippen LogP) is 0.0201. The van der Waals surface area contributed by atoms with E-state index in [9.17, 15) is 29.1 Å². The van der Waals surface area contributed by atoms with Gasteiger partial charge in [-0.15, -0.1) is 0 Å². The van der Waals surface area contributed by atoms with Crippen LogP contribution in [0.2, 0.25) is 0 Å². The summed E-state index contributed by atoms with van der Waals surface area (Å²) in [7, 11) is 0. The van der Waals surface area contributed by atoms with Gasteiger partial charge in [0.05, 0.1) is 6.04 Å². The number of rotatable bonds is 18. The second kappa shape index (κ2) is 17.8. The van der Waals surface area contributed by atoms with Crippen molar-refractivity contribution in [2.75, 3.05) is 6.54 Å². The van der Waals surface area contributed by atoms with Gasteiger partial charge in [0.15, 0.2) is 5.96 Å². The van der Waals surface area contributed by atoms with Crippen molar-refractivity contribution in [1.82, 2.24) is 21.3 Å². The number of hydrogen-bond donors (Lipinski definition) is 9. The number of benzene rings is 3. The average molecular weight is 647 g/mol. The third-order valence-electron chi connectivity index (χ3n) is 7.44. The van der Waals surface area contributed by atoms with Crippen molar-refractivity contribution < 1.29 is 29.1 Å². The Morgan fingerprint density at radius 3 is 1.89 bits per heavy atom. The molecule has 14 heteroatoms. The van der Waals surface area contributed by atoms with Crippen LogP contribution < -0.4 is 38.5 Å². The molecule has 0 spiro atoms. The van der Waals surface area contributed by atoms with E-state index in [1.807, 2.05) is 42.5 Å². The minimum Gasteiger partial charge on any atom is -0.480 e. The van der Waals surface area contributed by atoms with Gasteiger partial charge in [-0.2, -0.15) is 0 Å². The van der Waals surface area contributed by atoms with Gasteiger partial charge in [-0.3, -0.25) is 24.6 Å². The maximum Gasteiger partial charge on any atom is 0.326 e. The molecule has 0 fully saturated rings. The quantitative estimate of drug-likeness (QED) is 0.0512. The second-order valence-electron chi connectivity index (χ2n) is 11.2. The highest BCUT2D eigenvalue weighted by Gasteiger charge is 2.31. The van der Waals surface area contributed by atoms with Gasteiger partial charge in [-0.25, -0.2) is 4.79 Å². The number of guanidine groups is 1. The van der Waals surface area contributed by atoms with Gasteiger partial charge in [-0.05, 0) is 41.2 Å². The lowest BCUT2D eigenvalue weighted by Gasteiger charge is -2.25. The molecule has 0 aliphatic carbocycles. The summed E-state index contributed by atoms with van der Waals surface area (Å²) in [6, 6.07) is 17.3. The van der Waals surface area contributed by atoms with Crippen LogP contribution in [-0.4, -0.2) is 71.4 Å². The number of aliphatic carboxylic acids is 1. The van der Waals surface area contributed by atoms with Crippen molar-refractivity contribution in [3.05, 3.63) is 83.9 Å². The van der Waals surface area contributed by atoms with Crippen LogP contribution in [0, 0.1) is 5.41 Å². The Labute approximate surface area is 272 Å². The Bertz CT molecular complexity index is 1570. The van der Waals surface area contributed by atoms with Crippen LogP contribution in [-0.2, 0) is 36.8 Å². The number of carboxylic acids is 1. The molecule has 0 aromatic heterocycles. The van der Waals surface area contributed by atoms with E-state index >= 15 is 0 Å². The van der Waals surface area contributed by atoms with Gasteiger partial charge in [0.1, 0.15) is 18.1 Å². The molecule has 14 nitrogen and oxygen atoms in total. The van der Waals surface area contributed by atoms with Crippen LogP contribution in [0.3, 0.4) is 0 Å². The third kappa shape index (κ3) is 12.1. The first-order valence-electron chi connectivity index (χ1n) is 15.2. The van der Waals surface area contributed by atoms with Crippen molar-refractivity contribution in [1.29, 1.82) is 5.41 Å². The zero-order valence-corrected chi connectivity index (χ0v) is 25.9. The molecule has 3 aromatic carbocycles. The normalized spacial score (nSPS) is 13.4. The topological polar surface area (TPSA) is 256 Å². The van der Waals surface area contributed by atoms with E-state index in [1.165, 1.54) is 0 Å². The number of carbonyl (C=O) groups excluding carboxylic acids is 4. The number of nitrogens with one attached hydrogen (secondary N) is 5. The summed E-state index contributed by atoms with van der Waals surface area (Å²) in [5, 5.41) is 29.3. The second-order valence-corrected chi connectivity index (χ2v) is 11.2. The standard InChI is InChI=1S/C33H42N8O6/c34-24(11-6-16-38-33(36)37)29(43)40-27(19-21-12-13-22-9-4-5-10-23(22)17-21)31(45)41-26(18-20-7-2-1-3-8-20)30(44)39-25(32(46)47)14-15-28(35)42/h1-5,7-10,12-13,17,24-27H,6,11,14-16,18-19,34H2,(H2,35,42)(H,39,44)(H,40,43)(H,41,45)(H,46,47)(H4,36,37,38)/t24-,25-,26-,27-/m0/s1. The largest absolute Gasteiger partial charge is 0.480 e. The number of carbonyl (C=O) groups is 5. The Morgan fingerprint density at radius 2 is 1.28 bits per heavy atom. The molecule has 3 aromatic rings. The molecule has 4 amide bonds. The zero-order valence-electron chi connectivity index (χ0n) is 25.9. The number of primary amides is 1. The van der Waals surface area contributed by atoms with E-state index in [0.717, 1.165) is 16.3 Å². The molecule has 12 N–H and O–H groups in total. The SMILES string of the molecule is N=C(N)NCCC[C@H](N)C(=O)N[C@@H](Cc1ccc2ccccc2c1)C(=O)N[C@@H](Cc1ccccc1)C(=O)N[C@@H](CCC(N)=O)C(=O)O. The van der Waals surface area contributed by atoms with Crippen LogP contribution >= 0.6 is 0 Å². The molecule has 0 heterocycles. The molecule has 0 bridgehead atoms. The molecule has 47 heavy (non-hydrogen) atoms. The lowest BCUT2D eigenvalue weighted by Crippen LogP contribution is -2.58. The molecule has 0 saturated heterocycles. The molecule has 0 unspecified atom stereocenters. The van der Waals surface area contributed by atoms with Crippen molar-refractivity contribution in [3.8, 4) is 0 Å². The van der Waals surface area contributed by atoms with Crippen LogP contribution in [0.4, 0.5) is 0 Å². The van der Waals surface area contributed by atoms with E-state index in [0.29, 0.717) is 18.5 Å². The van der Waals surface area contributed by atoms with E-state index in [4.69, 9.17) is 22.6 Å². The molecule has 4 atom stereocenters. The molecular weight excluding hydrogens is 604 g/mol. The Balaban J connectivity index is 1.85. The lowest BCUT2D eigenvalue weighted by molar-refractivity contribution is -0.142. The Hall–Kier alpha value is -5.50. The summed E-state index contributed by atoms with van der Waals surface area (Å²) in [5.74, 6) is -4.35. The molecular formula is C33H42N8O6. The van der Waals surface area contributed by atoms with Crippen molar-refractivity contribution in [2.45, 2.75) is 62.7 Å². The first kappa shape index (κ1) is 36.0. The van der Waals surface area contributed by atoms with E-state index < -0.39 is 53.8 Å². The number of amides is 4. The van der Waals surface area contributed by atoms with Gasteiger partial charge in [0.25, 0.3) is 0 Å². The van der Waals surface area contributed by atoms with E-state index in [1.54, 1.807) is 30.3 Å². The molecule has 0 aliphatic rings. The van der Waals surface area contributed by atoms with E-state index in [-0.39, 0.29) is 38.1 Å². The molecule has 0 radical (unpaired) electrons. The van der Waals surface area contributed by atoms with Crippen molar-refractivity contribution >= 4 is 46.3 Å². The highest BCUT2D eigenvalue weighted by molar-refractivity contribution is 5.94. The smallest absolute Gasteiger partial charge is 0.326 e. The minimum absolute atomic E-state index is 0.0138. The van der Waals surface area contributed by atoms with Crippen LogP contribution in [0.15, 0.2) is 72.8 Å². The maximum absolute atomic E-state index is 13.9. The summed E-state index contributed by atoms with van der Waals surface area (Å²) in [6.07, 6.45) is 0.268. The minimum atomic E-state index is -1.42. The van der Waals surface area contributed by atoms with Crippen LogP contribution in [0.1, 0.15) is 36.8 Å². The number of nitrogens with two attached hydrogens (primary N) is 3. The van der Waals surface area contributed by atoms with Gasteiger partial charge >= 0.3 is 5.97 Å². The first-order valence-corrected chi connectivity index (χ1v) is 15.2. The summed E-state index contributed by atoms with van der Waals surface area (Å²) in [5.41, 5.74) is 18.0. The fraction of sp³-hybridized carbons (Fsp3) is 0.333. The summed E-state index contributed by atoms with van der Waals surface area (Å²) < 4.78 is 0. The summed E-state index contributed by atoms with van der Waals surface area (Å²) >= 11 is 0. The van der Waals surface area contributed by atoms with Crippen LogP contribution in [0.25, 0.3) is 10.8 Å². The van der Waals surface area contributed by atoms with Gasteiger partial charge in [-0.1, -0.05) is 72.8 Å². The Morgan fingerprint density at radius 1 is 0.702 bits per heavy atom. The zero-order chi connectivity index (χ0) is 34.3. The molecule has 3 rings (SSSR count). The highest BCUT2D eigenvalue weighted by atomic mass is 16.4. The van der Waals surface area contributed by atoms with Crippen molar-refractivity contribution in [3.63, 3.8) is 0 Å². The maximum atomic E-state index is 13.9. The van der Waals surface area contributed by atoms with Gasteiger partial charge < -0.3 is 43.6 Å². The number of hydrogen-bond acceptors (Lipinski definition) is 7. The van der Waals surface area contributed by atoms with Gasteiger partial charge in [0.2, 0.25) is 23.6 Å². The van der Waals surface area contributed by atoms with Crippen LogP contribution in [0.5, 0.6) is 0 Å². The fourth-order valence-electron chi connectivity index (χ4n) is 4.91. The molecule has 0 aliphatic heterocycles. The molecule has 0 saturated carbocycles. The summed E-state index contributed by atoms with van der Waals surface area (Å²) in [6.45, 7) is 0.338. The average Bonchev–Trinajstić information content (AvgIpc) is 3.04. The summed E-state index contributed by atoms with van der Waals surface area (Å²) in [4.78, 5) is 63.6. The number of carboxylic acid groups (broad SMARTS) is 1. The number of fused-ring (bicyclic) bond motifs is 1.